The first kappa shape index (κ1) is 15.9. The molecule has 0 saturated carbocycles. The number of methoxy groups -OCH3 is 2. The molecule has 0 unspecified atom stereocenters. The number of hydrogen-bond donors (Lipinski definition) is 0. The second kappa shape index (κ2) is 6.98. The van der Waals surface area contributed by atoms with E-state index in [-0.39, 0.29) is 5.78 Å². The Labute approximate surface area is 130 Å². The highest BCUT2D eigenvalue weighted by molar-refractivity contribution is 5.94. The Balaban J connectivity index is 2.36. The number of hydrogen-bond acceptors (Lipinski definition) is 4. The minimum absolute atomic E-state index is 0.0313. The van der Waals surface area contributed by atoms with Crippen molar-refractivity contribution in [2.24, 2.45) is 0 Å². The molecule has 0 radical (unpaired) electrons. The first-order valence-electron chi connectivity index (χ1n) is 7.12. The van der Waals surface area contributed by atoms with Gasteiger partial charge in [0.1, 0.15) is 23.0 Å². The smallest absolute Gasteiger partial charge is 0.159 e. The third kappa shape index (κ3) is 3.39. The molecule has 22 heavy (non-hydrogen) atoms. The average Bonchev–Trinajstić information content (AvgIpc) is 2.54. The maximum absolute atomic E-state index is 11.3. The van der Waals surface area contributed by atoms with Crippen LogP contribution in [0.15, 0.2) is 36.4 Å². The first-order chi connectivity index (χ1) is 10.6. The zero-order valence-corrected chi connectivity index (χ0v) is 13.3. The molecule has 4 heteroatoms. The van der Waals surface area contributed by atoms with Gasteiger partial charge >= 0.3 is 0 Å². The normalized spacial score (nSPS) is 10.2. The number of ether oxygens (including phenoxy) is 3. The zero-order valence-electron chi connectivity index (χ0n) is 13.3. The van der Waals surface area contributed by atoms with E-state index in [2.05, 4.69) is 0 Å². The Morgan fingerprint density at radius 3 is 2.09 bits per heavy atom. The van der Waals surface area contributed by atoms with E-state index < -0.39 is 0 Å². The summed E-state index contributed by atoms with van der Waals surface area (Å²) in [4.78, 5) is 11.3. The molecule has 0 atom stereocenters. The van der Waals surface area contributed by atoms with Crippen LogP contribution in [-0.4, -0.2) is 20.0 Å². The van der Waals surface area contributed by atoms with Crippen LogP contribution in [0.3, 0.4) is 0 Å². The summed E-state index contributed by atoms with van der Waals surface area (Å²) in [5.74, 6) is 2.79. The van der Waals surface area contributed by atoms with Gasteiger partial charge in [0.05, 0.1) is 14.2 Å². The molecule has 4 nitrogen and oxygen atoms in total. The maximum Gasteiger partial charge on any atom is 0.159 e. The summed E-state index contributed by atoms with van der Waals surface area (Å²) in [7, 11) is 3.23. The summed E-state index contributed by atoms with van der Waals surface area (Å²) in [5, 5.41) is 0. The molecular weight excluding hydrogens is 280 g/mol. The molecule has 0 aliphatic carbocycles. The number of benzene rings is 2. The Kier molecular flexibility index (Phi) is 5.04. The van der Waals surface area contributed by atoms with Crippen LogP contribution in [0.25, 0.3) is 0 Å². The number of rotatable bonds is 6. The van der Waals surface area contributed by atoms with Gasteiger partial charge in [-0.3, -0.25) is 4.79 Å². The molecule has 0 saturated heterocycles. The summed E-state index contributed by atoms with van der Waals surface area (Å²) < 4.78 is 16.6. The largest absolute Gasteiger partial charge is 0.496 e. The van der Waals surface area contributed by atoms with E-state index in [0.29, 0.717) is 22.8 Å². The fraction of sp³-hybridized carbons (Fsp3) is 0.278. The highest BCUT2D eigenvalue weighted by Gasteiger charge is 2.13. The van der Waals surface area contributed by atoms with Gasteiger partial charge in [-0.1, -0.05) is 6.92 Å². The predicted octanol–water partition coefficient (Wildman–Crippen LogP) is 4.26. The molecular formula is C18H20O4. The van der Waals surface area contributed by atoms with Crippen LogP contribution >= 0.6 is 0 Å². The Hall–Kier alpha value is -2.49. The molecule has 2 rings (SSSR count). The molecule has 0 heterocycles. The number of carbonyl (C=O) groups excluding carboxylic acids is 1. The fourth-order valence-electron chi connectivity index (χ4n) is 2.22. The number of Topliss-reactive ketones (excluding diaryl/α,β-unsaturated/α-hetero) is 1. The van der Waals surface area contributed by atoms with Crippen molar-refractivity contribution in [1.29, 1.82) is 0 Å². The van der Waals surface area contributed by atoms with Gasteiger partial charge in [0.15, 0.2) is 5.78 Å². The van der Waals surface area contributed by atoms with Gasteiger partial charge in [-0.05, 0) is 37.6 Å². The van der Waals surface area contributed by atoms with Crippen molar-refractivity contribution in [3.63, 3.8) is 0 Å². The molecule has 2 aromatic rings. The summed E-state index contributed by atoms with van der Waals surface area (Å²) in [6.45, 7) is 3.58. The van der Waals surface area contributed by atoms with Crippen LogP contribution in [0.1, 0.15) is 29.8 Å². The standard InChI is InChI=1S/C18H20O4/c1-5-16-17(21-4)10-15(20-3)11-18(16)22-14-8-6-13(7-9-14)12(2)19/h6-11H,5H2,1-4H3. The van der Waals surface area contributed by atoms with Gasteiger partial charge in [-0.25, -0.2) is 0 Å². The van der Waals surface area contributed by atoms with Crippen LogP contribution in [-0.2, 0) is 6.42 Å². The lowest BCUT2D eigenvalue weighted by Gasteiger charge is -2.15. The quantitative estimate of drug-likeness (QED) is 0.748. The molecule has 0 amide bonds. The van der Waals surface area contributed by atoms with Gasteiger partial charge in [-0.2, -0.15) is 0 Å². The van der Waals surface area contributed by atoms with Gasteiger partial charge in [0.2, 0.25) is 0 Å². The highest BCUT2D eigenvalue weighted by Crippen LogP contribution is 2.36. The minimum Gasteiger partial charge on any atom is -0.496 e. The summed E-state index contributed by atoms with van der Waals surface area (Å²) in [6.07, 6.45) is 0.772. The Morgan fingerprint density at radius 2 is 1.59 bits per heavy atom. The number of ketones is 1. The van der Waals surface area contributed by atoms with Crippen molar-refractivity contribution in [3.05, 3.63) is 47.5 Å². The molecule has 0 N–H and O–H groups in total. The van der Waals surface area contributed by atoms with Crippen molar-refractivity contribution in [1.82, 2.24) is 0 Å². The molecule has 0 aliphatic heterocycles. The highest BCUT2D eigenvalue weighted by atomic mass is 16.5. The lowest BCUT2D eigenvalue weighted by atomic mass is 10.1. The Bertz CT molecular complexity index is 660. The lowest BCUT2D eigenvalue weighted by Crippen LogP contribution is -1.97. The summed E-state index contributed by atoms with van der Waals surface area (Å²) in [6, 6.07) is 10.7. The molecule has 116 valence electrons. The molecule has 0 fully saturated rings. The Morgan fingerprint density at radius 1 is 0.955 bits per heavy atom. The first-order valence-corrected chi connectivity index (χ1v) is 7.12. The second-order valence-corrected chi connectivity index (χ2v) is 4.84. The molecule has 0 spiro atoms. The van der Waals surface area contributed by atoms with Crippen LogP contribution in [0, 0.1) is 0 Å². The van der Waals surface area contributed by atoms with E-state index in [1.54, 1.807) is 38.5 Å². The maximum atomic E-state index is 11.3. The molecule has 0 bridgehead atoms. The van der Waals surface area contributed by atoms with E-state index in [1.807, 2.05) is 19.1 Å². The van der Waals surface area contributed by atoms with E-state index >= 15 is 0 Å². The zero-order chi connectivity index (χ0) is 16.1. The van der Waals surface area contributed by atoms with Crippen molar-refractivity contribution in [3.8, 4) is 23.0 Å². The van der Waals surface area contributed by atoms with Crippen molar-refractivity contribution >= 4 is 5.78 Å². The van der Waals surface area contributed by atoms with E-state index in [4.69, 9.17) is 14.2 Å². The van der Waals surface area contributed by atoms with Crippen molar-refractivity contribution in [2.45, 2.75) is 20.3 Å². The van der Waals surface area contributed by atoms with Crippen LogP contribution in [0.2, 0.25) is 0 Å². The number of carbonyl (C=O) groups is 1. The predicted molar refractivity (Wildman–Crippen MR) is 85.4 cm³/mol. The summed E-state index contributed by atoms with van der Waals surface area (Å²) in [5.41, 5.74) is 1.63. The summed E-state index contributed by atoms with van der Waals surface area (Å²) >= 11 is 0. The van der Waals surface area contributed by atoms with Crippen LogP contribution in [0.4, 0.5) is 0 Å². The average molecular weight is 300 g/mol. The third-order valence-electron chi connectivity index (χ3n) is 3.44. The lowest BCUT2D eigenvalue weighted by molar-refractivity contribution is 0.101. The van der Waals surface area contributed by atoms with Crippen molar-refractivity contribution in [2.75, 3.05) is 14.2 Å². The van der Waals surface area contributed by atoms with Gasteiger partial charge < -0.3 is 14.2 Å². The molecule has 0 aliphatic rings. The van der Waals surface area contributed by atoms with Crippen molar-refractivity contribution < 1.29 is 19.0 Å². The molecule has 0 aromatic heterocycles. The SMILES string of the molecule is CCc1c(OC)cc(OC)cc1Oc1ccc(C(C)=O)cc1. The van der Waals surface area contributed by atoms with E-state index in [9.17, 15) is 4.79 Å². The minimum atomic E-state index is 0.0313. The second-order valence-electron chi connectivity index (χ2n) is 4.84. The van der Waals surface area contributed by atoms with E-state index in [1.165, 1.54) is 6.92 Å². The molecule has 2 aromatic carbocycles. The van der Waals surface area contributed by atoms with Gasteiger partial charge in [0, 0.05) is 23.3 Å². The monoisotopic (exact) mass is 300 g/mol. The van der Waals surface area contributed by atoms with Crippen LogP contribution in [0.5, 0.6) is 23.0 Å². The van der Waals surface area contributed by atoms with Gasteiger partial charge in [-0.15, -0.1) is 0 Å². The van der Waals surface area contributed by atoms with E-state index in [0.717, 1.165) is 17.7 Å². The fourth-order valence-corrected chi connectivity index (χ4v) is 2.22. The van der Waals surface area contributed by atoms with Crippen LogP contribution < -0.4 is 14.2 Å². The topological polar surface area (TPSA) is 44.8 Å². The third-order valence-corrected chi connectivity index (χ3v) is 3.44. The van der Waals surface area contributed by atoms with Gasteiger partial charge in [0.25, 0.3) is 0 Å².